The number of aliphatic hydroxyl groups excluding tert-OH is 12. The van der Waals surface area contributed by atoms with Crippen molar-refractivity contribution in [2.45, 2.75) is 197 Å². The molecule has 0 aromatic rings. The molecular formula is C48H76O21. The van der Waals surface area contributed by atoms with Gasteiger partial charge in [-0.1, -0.05) is 39.3 Å². The van der Waals surface area contributed by atoms with Crippen LogP contribution in [0.2, 0.25) is 0 Å². The van der Waals surface area contributed by atoms with Crippen LogP contribution in [0.25, 0.3) is 0 Å². The van der Waals surface area contributed by atoms with Gasteiger partial charge in [0, 0.05) is 5.41 Å². The third-order valence-electron chi connectivity index (χ3n) is 19.7. The topological polar surface area (TPSA) is 353 Å². The molecule has 13 N–H and O–H groups in total. The van der Waals surface area contributed by atoms with Crippen molar-refractivity contribution >= 4 is 11.9 Å². The van der Waals surface area contributed by atoms with Crippen LogP contribution >= 0.6 is 0 Å². The Kier molecular flexibility index (Phi) is 14.7. The van der Waals surface area contributed by atoms with Crippen molar-refractivity contribution in [2.75, 3.05) is 26.4 Å². The molecule has 25 unspecified atom stereocenters. The lowest BCUT2D eigenvalue weighted by Crippen LogP contribution is -2.66. The van der Waals surface area contributed by atoms with E-state index in [0.29, 0.717) is 25.7 Å². The second-order valence-electron chi connectivity index (χ2n) is 23.0. The maximum atomic E-state index is 15.0. The summed E-state index contributed by atoms with van der Waals surface area (Å²) in [6, 6.07) is 0. The first kappa shape index (κ1) is 53.3. The number of hydrogen-bond acceptors (Lipinski definition) is 20. The van der Waals surface area contributed by atoms with Crippen LogP contribution in [0.1, 0.15) is 98.8 Å². The molecule has 4 saturated carbocycles. The molecule has 0 amide bonds. The largest absolute Gasteiger partial charge is 0.481 e. The third kappa shape index (κ3) is 8.25. The first-order valence-corrected chi connectivity index (χ1v) is 24.7. The summed E-state index contributed by atoms with van der Waals surface area (Å²) < 4.78 is 34.3. The fraction of sp³-hybridized carbons (Fsp3) is 0.917. The van der Waals surface area contributed by atoms with Crippen LogP contribution in [0, 0.1) is 50.2 Å². The zero-order valence-electron chi connectivity index (χ0n) is 40.0. The minimum absolute atomic E-state index is 0.0737. The molecule has 3 aliphatic heterocycles. The lowest BCUT2D eigenvalue weighted by molar-refractivity contribution is -0.365. The van der Waals surface area contributed by atoms with Gasteiger partial charge in [-0.2, -0.15) is 0 Å². The van der Waals surface area contributed by atoms with Crippen LogP contribution in [0.3, 0.4) is 0 Å². The second kappa shape index (κ2) is 19.0. The van der Waals surface area contributed by atoms with Crippen molar-refractivity contribution < 1.29 is 104 Å². The van der Waals surface area contributed by atoms with Gasteiger partial charge in [-0.3, -0.25) is 9.59 Å². The molecule has 0 radical (unpaired) electrons. The Labute approximate surface area is 400 Å². The van der Waals surface area contributed by atoms with Crippen LogP contribution in [0.15, 0.2) is 11.6 Å². The van der Waals surface area contributed by atoms with Gasteiger partial charge >= 0.3 is 11.9 Å². The number of fused-ring (bicyclic) bond motifs is 7. The summed E-state index contributed by atoms with van der Waals surface area (Å²) in [4.78, 5) is 28.0. The highest BCUT2D eigenvalue weighted by Crippen LogP contribution is 2.76. The predicted octanol–water partition coefficient (Wildman–Crippen LogP) is -1.82. The zero-order valence-corrected chi connectivity index (χ0v) is 40.0. The van der Waals surface area contributed by atoms with E-state index in [4.69, 9.17) is 28.4 Å². The highest BCUT2D eigenvalue weighted by atomic mass is 16.8. The molecule has 0 aromatic carbocycles. The fourth-order valence-electron chi connectivity index (χ4n) is 14.9. The van der Waals surface area contributed by atoms with Crippen molar-refractivity contribution in [3.63, 3.8) is 0 Å². The predicted molar refractivity (Wildman–Crippen MR) is 234 cm³/mol. The Morgan fingerprint density at radius 2 is 1.25 bits per heavy atom. The summed E-state index contributed by atoms with van der Waals surface area (Å²) in [7, 11) is 0. The van der Waals surface area contributed by atoms with E-state index in [0.717, 1.165) is 24.8 Å². The Balaban J connectivity index is 1.01. The van der Waals surface area contributed by atoms with Crippen LogP contribution in [0.4, 0.5) is 0 Å². The molecule has 21 nitrogen and oxygen atoms in total. The number of hydrogen-bond donors (Lipinski definition) is 13. The van der Waals surface area contributed by atoms with Crippen molar-refractivity contribution in [1.29, 1.82) is 0 Å². The molecule has 8 aliphatic rings. The highest BCUT2D eigenvalue weighted by Gasteiger charge is 2.71. The lowest BCUT2D eigenvalue weighted by Gasteiger charge is -2.71. The van der Waals surface area contributed by atoms with Gasteiger partial charge in [0.15, 0.2) is 12.6 Å². The molecule has 69 heavy (non-hydrogen) atoms. The maximum Gasteiger partial charge on any atom is 0.315 e. The van der Waals surface area contributed by atoms with Crippen molar-refractivity contribution in [3.05, 3.63) is 11.6 Å². The van der Waals surface area contributed by atoms with Gasteiger partial charge in [0.2, 0.25) is 6.29 Å². The summed E-state index contributed by atoms with van der Waals surface area (Å²) >= 11 is 0. The molecular weight excluding hydrogens is 913 g/mol. The van der Waals surface area contributed by atoms with Gasteiger partial charge in [-0.15, -0.1) is 0 Å². The van der Waals surface area contributed by atoms with Gasteiger partial charge in [0.25, 0.3) is 0 Å². The van der Waals surface area contributed by atoms with E-state index in [1.807, 2.05) is 6.92 Å². The minimum Gasteiger partial charge on any atom is -0.481 e. The van der Waals surface area contributed by atoms with Gasteiger partial charge < -0.3 is 94.8 Å². The molecule has 3 heterocycles. The van der Waals surface area contributed by atoms with E-state index in [1.165, 1.54) is 0 Å². The molecule has 25 atom stereocenters. The smallest absolute Gasteiger partial charge is 0.315 e. The number of aliphatic hydroxyl groups is 12. The number of esters is 1. The molecule has 0 spiro atoms. The van der Waals surface area contributed by atoms with Crippen LogP contribution < -0.4 is 0 Å². The van der Waals surface area contributed by atoms with Gasteiger partial charge in [-0.05, 0) is 105 Å². The van der Waals surface area contributed by atoms with E-state index in [2.05, 4.69) is 26.8 Å². The van der Waals surface area contributed by atoms with E-state index in [-0.39, 0.29) is 48.5 Å². The maximum absolute atomic E-state index is 15.0. The average molecular weight is 989 g/mol. The lowest BCUT2D eigenvalue weighted by atomic mass is 9.33. The molecule has 3 saturated heterocycles. The Morgan fingerprint density at radius 1 is 0.652 bits per heavy atom. The average Bonchev–Trinajstić information content (AvgIpc) is 3.32. The quantitative estimate of drug-likeness (QED) is 0.0800. The van der Waals surface area contributed by atoms with E-state index < -0.39 is 158 Å². The molecule has 5 aliphatic carbocycles. The Morgan fingerprint density at radius 3 is 1.88 bits per heavy atom. The van der Waals surface area contributed by atoms with Crippen LogP contribution in [-0.4, -0.2) is 203 Å². The number of carboxylic acid groups (broad SMARTS) is 1. The van der Waals surface area contributed by atoms with E-state index in [9.17, 15) is 71.2 Å². The van der Waals surface area contributed by atoms with E-state index in [1.54, 1.807) is 6.92 Å². The number of ether oxygens (including phenoxy) is 6. The number of carboxylic acids is 1. The summed E-state index contributed by atoms with van der Waals surface area (Å²) in [5.41, 5.74) is -3.08. The van der Waals surface area contributed by atoms with Crippen LogP contribution in [-0.2, 0) is 38.0 Å². The summed E-state index contributed by atoms with van der Waals surface area (Å²) in [5, 5.41) is 139. The highest BCUT2D eigenvalue weighted by molar-refractivity contribution is 5.81. The zero-order chi connectivity index (χ0) is 50.6. The molecule has 0 bridgehead atoms. The fourth-order valence-corrected chi connectivity index (χ4v) is 14.9. The van der Waals surface area contributed by atoms with E-state index >= 15 is 4.79 Å². The van der Waals surface area contributed by atoms with Gasteiger partial charge in [0.1, 0.15) is 73.2 Å². The number of carbonyl (C=O) groups excluding carboxylic acids is 1. The van der Waals surface area contributed by atoms with Gasteiger partial charge in [-0.25, -0.2) is 0 Å². The number of rotatable bonds is 11. The first-order chi connectivity index (χ1) is 32.3. The summed E-state index contributed by atoms with van der Waals surface area (Å²) in [5.74, 6) is -2.10. The molecule has 21 heteroatoms. The summed E-state index contributed by atoms with van der Waals surface area (Å²) in [6.07, 6.45) is -20.1. The number of allylic oxidation sites excluding steroid dienone is 2. The molecule has 7 fully saturated rings. The summed E-state index contributed by atoms with van der Waals surface area (Å²) in [6.45, 7) is 8.06. The van der Waals surface area contributed by atoms with Crippen molar-refractivity contribution in [1.82, 2.24) is 0 Å². The second-order valence-corrected chi connectivity index (χ2v) is 23.0. The monoisotopic (exact) mass is 988 g/mol. The molecule has 0 aromatic heterocycles. The number of aliphatic carboxylic acids is 1. The first-order valence-electron chi connectivity index (χ1n) is 24.7. The van der Waals surface area contributed by atoms with Crippen molar-refractivity contribution in [2.24, 2.45) is 50.2 Å². The standard InChI is InChI=1S/C48H76O21/c1-43(41(61)62)12-14-48(15-13-46(4)21(22(48)16-43)6-7-27-44(2)10-9-28(52)45(3,20-51)26(44)8-11-47(27,46)5)42(63)69-40-35(59)33(57)30(54)25(67-40)19-64-38-36(60)37(31(55)24(18-50)65-38)68-39-34(58)32(56)29(53)23(17-49)66-39/h6,22-40,49-60H,7-20H2,1-5H3,(H,61,62). The minimum atomic E-state index is -1.96. The Hall–Kier alpha value is -2.00. The SMILES string of the molecule is CC1(C(=O)O)CCC2(C(=O)OC3OC(COC4OC(CO)C(O)C(OC5OC(CO)C(O)C(O)C5O)C4O)C(O)C(O)C3O)CCC3(C)C(=CCC4C5(C)CCC(O)C(C)(CO)C5CCC43C)C2C1. The Bertz CT molecular complexity index is 1920. The molecule has 8 rings (SSSR count). The molecule has 394 valence electrons. The van der Waals surface area contributed by atoms with Crippen LogP contribution in [0.5, 0.6) is 0 Å². The number of carbonyl (C=O) groups is 2. The van der Waals surface area contributed by atoms with Gasteiger partial charge in [0.05, 0.1) is 43.4 Å². The third-order valence-corrected chi connectivity index (χ3v) is 19.7. The van der Waals surface area contributed by atoms with Crippen molar-refractivity contribution in [3.8, 4) is 0 Å². The normalized spacial score (nSPS) is 54.2.